The van der Waals surface area contributed by atoms with E-state index in [1.54, 1.807) is 40.0 Å². The molecule has 0 aliphatic carbocycles. The molecule has 0 saturated heterocycles. The van der Waals surface area contributed by atoms with Gasteiger partial charge in [-0.3, -0.25) is 4.79 Å². The number of imidazole rings is 1. The van der Waals surface area contributed by atoms with Gasteiger partial charge in [0, 0.05) is 29.1 Å². The molecule has 1 amide bonds. The third-order valence-corrected chi connectivity index (χ3v) is 4.06. The van der Waals surface area contributed by atoms with Crippen LogP contribution in [-0.4, -0.2) is 39.1 Å². The molecule has 3 aromatic rings. The van der Waals surface area contributed by atoms with Crippen LogP contribution in [0.2, 0.25) is 5.02 Å². The maximum atomic E-state index is 12.4. The average molecular weight is 361 g/mol. The third kappa shape index (κ3) is 4.00. The molecule has 0 saturated carbocycles. The van der Waals surface area contributed by atoms with Crippen molar-refractivity contribution in [3.63, 3.8) is 0 Å². The fourth-order valence-corrected chi connectivity index (χ4v) is 2.78. The fraction of sp³-hybridized carbons (Fsp3) is 0.235. The topological polar surface area (TPSA) is 78.2 Å². The van der Waals surface area contributed by atoms with Gasteiger partial charge in [-0.05, 0) is 23.6 Å². The fourth-order valence-electron chi connectivity index (χ4n) is 2.62. The first-order chi connectivity index (χ1) is 12.1. The van der Waals surface area contributed by atoms with Crippen LogP contribution in [0.3, 0.4) is 0 Å². The summed E-state index contributed by atoms with van der Waals surface area (Å²) in [5, 5.41) is 4.29. The number of esters is 1. The molecule has 1 N–H and O–H groups in total. The Labute approximate surface area is 149 Å². The number of rotatable bonds is 6. The number of halogens is 1. The predicted molar refractivity (Wildman–Crippen MR) is 93.1 cm³/mol. The number of hydrogen-bond acceptors (Lipinski definition) is 4. The highest BCUT2D eigenvalue weighted by molar-refractivity contribution is 6.31. The molecule has 0 radical (unpaired) electrons. The van der Waals surface area contributed by atoms with Gasteiger partial charge >= 0.3 is 5.97 Å². The molecule has 130 valence electrons. The molecule has 1 atom stereocenters. The summed E-state index contributed by atoms with van der Waals surface area (Å²) in [4.78, 5) is 28.3. The van der Waals surface area contributed by atoms with E-state index in [0.29, 0.717) is 5.02 Å². The Morgan fingerprint density at radius 2 is 2.16 bits per heavy atom. The molecule has 8 heteroatoms. The number of aromatic nitrogens is 3. The minimum Gasteiger partial charge on any atom is -0.467 e. The number of carbonyl (C=O) groups is 2. The SMILES string of the molecule is COC(=O)C(Cn1ccnc1)NC(=O)Cn1ccc2ccc(Cl)cc21. The van der Waals surface area contributed by atoms with Gasteiger partial charge in [-0.25, -0.2) is 9.78 Å². The normalized spacial score (nSPS) is 12.1. The van der Waals surface area contributed by atoms with Crippen LogP contribution in [0.25, 0.3) is 10.9 Å². The number of nitrogens with one attached hydrogen (secondary N) is 1. The third-order valence-electron chi connectivity index (χ3n) is 3.82. The van der Waals surface area contributed by atoms with Crippen molar-refractivity contribution in [2.75, 3.05) is 7.11 Å². The summed E-state index contributed by atoms with van der Waals surface area (Å²) >= 11 is 6.02. The molecule has 2 heterocycles. The highest BCUT2D eigenvalue weighted by Crippen LogP contribution is 2.20. The van der Waals surface area contributed by atoms with E-state index in [2.05, 4.69) is 10.3 Å². The van der Waals surface area contributed by atoms with E-state index in [-0.39, 0.29) is 19.0 Å². The maximum absolute atomic E-state index is 12.4. The van der Waals surface area contributed by atoms with E-state index in [9.17, 15) is 9.59 Å². The molecule has 3 rings (SSSR count). The number of amides is 1. The van der Waals surface area contributed by atoms with Crippen LogP contribution in [-0.2, 0) is 27.4 Å². The summed E-state index contributed by atoms with van der Waals surface area (Å²) in [6.07, 6.45) is 6.70. The van der Waals surface area contributed by atoms with Gasteiger partial charge in [0.15, 0.2) is 0 Å². The summed E-state index contributed by atoms with van der Waals surface area (Å²) in [7, 11) is 1.29. The lowest BCUT2D eigenvalue weighted by Gasteiger charge is -2.17. The summed E-state index contributed by atoms with van der Waals surface area (Å²) in [5.41, 5.74) is 0.854. The quantitative estimate of drug-likeness (QED) is 0.680. The molecule has 7 nitrogen and oxygen atoms in total. The van der Waals surface area contributed by atoms with Crippen molar-refractivity contribution in [2.45, 2.75) is 19.1 Å². The van der Waals surface area contributed by atoms with Gasteiger partial charge in [0.2, 0.25) is 5.91 Å². The van der Waals surface area contributed by atoms with E-state index in [1.165, 1.54) is 7.11 Å². The van der Waals surface area contributed by atoms with Crippen LogP contribution in [0.15, 0.2) is 49.2 Å². The second-order valence-corrected chi connectivity index (χ2v) is 5.99. The Bertz CT molecular complexity index is 889. The largest absolute Gasteiger partial charge is 0.467 e. The number of nitrogens with zero attached hydrogens (tertiary/aromatic N) is 3. The van der Waals surface area contributed by atoms with Gasteiger partial charge in [-0.15, -0.1) is 0 Å². The second-order valence-electron chi connectivity index (χ2n) is 5.55. The molecule has 25 heavy (non-hydrogen) atoms. The van der Waals surface area contributed by atoms with Crippen LogP contribution in [0.5, 0.6) is 0 Å². The monoisotopic (exact) mass is 360 g/mol. The van der Waals surface area contributed by atoms with Crippen molar-refractivity contribution in [3.05, 3.63) is 54.2 Å². The van der Waals surface area contributed by atoms with E-state index in [4.69, 9.17) is 16.3 Å². The van der Waals surface area contributed by atoms with Crippen LogP contribution in [0, 0.1) is 0 Å². The van der Waals surface area contributed by atoms with Crippen LogP contribution < -0.4 is 5.32 Å². The zero-order valence-electron chi connectivity index (χ0n) is 13.6. The van der Waals surface area contributed by atoms with Gasteiger partial charge in [0.1, 0.15) is 12.6 Å². The zero-order chi connectivity index (χ0) is 17.8. The molecule has 0 aliphatic heterocycles. The number of methoxy groups -OCH3 is 1. The van der Waals surface area contributed by atoms with Crippen LogP contribution >= 0.6 is 11.6 Å². The Kier molecular flexibility index (Phi) is 5.04. The number of fused-ring (bicyclic) bond motifs is 1. The summed E-state index contributed by atoms with van der Waals surface area (Å²) in [6, 6.07) is 6.60. The molecule has 1 aromatic carbocycles. The minimum absolute atomic E-state index is 0.0707. The molecular weight excluding hydrogens is 344 g/mol. The lowest BCUT2D eigenvalue weighted by atomic mass is 10.2. The Hall–Kier alpha value is -2.80. The highest BCUT2D eigenvalue weighted by atomic mass is 35.5. The van der Waals surface area contributed by atoms with Crippen molar-refractivity contribution in [2.24, 2.45) is 0 Å². The lowest BCUT2D eigenvalue weighted by Crippen LogP contribution is -2.45. The van der Waals surface area contributed by atoms with E-state index < -0.39 is 12.0 Å². The zero-order valence-corrected chi connectivity index (χ0v) is 14.3. The van der Waals surface area contributed by atoms with E-state index in [1.807, 2.05) is 18.3 Å². The first-order valence-corrected chi connectivity index (χ1v) is 8.02. The summed E-state index contributed by atoms with van der Waals surface area (Å²) in [6.45, 7) is 0.317. The Balaban J connectivity index is 1.72. The van der Waals surface area contributed by atoms with Gasteiger partial charge in [0.25, 0.3) is 0 Å². The Morgan fingerprint density at radius 1 is 1.32 bits per heavy atom. The van der Waals surface area contributed by atoms with Gasteiger partial charge < -0.3 is 19.2 Å². The molecular formula is C17H17ClN4O3. The van der Waals surface area contributed by atoms with E-state index >= 15 is 0 Å². The summed E-state index contributed by atoms with van der Waals surface area (Å²) in [5.74, 6) is -0.810. The molecule has 1 unspecified atom stereocenters. The van der Waals surface area contributed by atoms with Crippen molar-refractivity contribution in [1.29, 1.82) is 0 Å². The molecule has 2 aromatic heterocycles. The predicted octanol–water partition coefficient (Wildman–Crippen LogP) is 1.85. The van der Waals surface area contributed by atoms with Crippen molar-refractivity contribution in [1.82, 2.24) is 19.4 Å². The number of benzene rings is 1. The smallest absolute Gasteiger partial charge is 0.330 e. The van der Waals surface area contributed by atoms with Gasteiger partial charge in [-0.1, -0.05) is 17.7 Å². The van der Waals surface area contributed by atoms with E-state index in [0.717, 1.165) is 10.9 Å². The number of ether oxygens (including phenoxy) is 1. The standard InChI is InChI=1S/C17H17ClN4O3/c1-25-17(24)14(9-21-7-5-19-11-21)20-16(23)10-22-6-4-12-2-3-13(18)8-15(12)22/h2-8,11,14H,9-10H2,1H3,(H,20,23). The average Bonchev–Trinajstić information content (AvgIpc) is 3.24. The van der Waals surface area contributed by atoms with Gasteiger partial charge in [0.05, 0.1) is 20.0 Å². The van der Waals surface area contributed by atoms with Crippen LogP contribution in [0.4, 0.5) is 0 Å². The van der Waals surface area contributed by atoms with Gasteiger partial charge in [-0.2, -0.15) is 0 Å². The minimum atomic E-state index is -0.794. The maximum Gasteiger partial charge on any atom is 0.330 e. The molecule has 0 fully saturated rings. The van der Waals surface area contributed by atoms with Crippen LogP contribution in [0.1, 0.15) is 0 Å². The van der Waals surface area contributed by atoms with Crippen molar-refractivity contribution < 1.29 is 14.3 Å². The second kappa shape index (κ2) is 7.40. The lowest BCUT2D eigenvalue weighted by molar-refractivity contribution is -0.145. The first-order valence-electron chi connectivity index (χ1n) is 7.64. The van der Waals surface area contributed by atoms with Crippen molar-refractivity contribution in [3.8, 4) is 0 Å². The number of hydrogen-bond donors (Lipinski definition) is 1. The molecule has 0 bridgehead atoms. The summed E-state index contributed by atoms with van der Waals surface area (Å²) < 4.78 is 8.25. The Morgan fingerprint density at radius 3 is 2.88 bits per heavy atom. The first kappa shape index (κ1) is 17.0. The number of carbonyl (C=O) groups excluding carboxylic acids is 2. The molecule has 0 spiro atoms. The highest BCUT2D eigenvalue weighted by Gasteiger charge is 2.22. The van der Waals surface area contributed by atoms with Crippen molar-refractivity contribution >= 4 is 34.4 Å². The molecule has 0 aliphatic rings.